The van der Waals surface area contributed by atoms with Crippen LogP contribution in [-0.2, 0) is 6.61 Å². The van der Waals surface area contributed by atoms with Crippen molar-refractivity contribution in [3.05, 3.63) is 79.0 Å². The Hall–Kier alpha value is -4.99. The van der Waals surface area contributed by atoms with Gasteiger partial charge in [0.05, 0.1) is 22.8 Å². The van der Waals surface area contributed by atoms with Crippen molar-refractivity contribution in [3.63, 3.8) is 0 Å². The van der Waals surface area contributed by atoms with Crippen LogP contribution in [0.5, 0.6) is 5.75 Å². The number of ether oxygens (including phenoxy) is 1. The lowest BCUT2D eigenvalue weighted by Gasteiger charge is -2.32. The van der Waals surface area contributed by atoms with E-state index in [-0.39, 0.29) is 0 Å². The number of hydrogen-bond acceptors (Lipinski definition) is 9. The molecule has 0 bridgehead atoms. The lowest BCUT2D eigenvalue weighted by atomic mass is 10.2. The summed E-state index contributed by atoms with van der Waals surface area (Å²) in [5.74, 6) is 2.71. The van der Waals surface area contributed by atoms with Gasteiger partial charge in [0.2, 0.25) is 0 Å². The Morgan fingerprint density at radius 1 is 1.05 bits per heavy atom. The van der Waals surface area contributed by atoms with Crippen LogP contribution < -0.4 is 15.4 Å². The van der Waals surface area contributed by atoms with Crippen LogP contribution in [0.4, 0.5) is 11.6 Å². The largest absolute Gasteiger partial charge is 0.489 e. The average molecular weight is 505 g/mol. The van der Waals surface area contributed by atoms with Gasteiger partial charge >= 0.3 is 0 Å². The summed E-state index contributed by atoms with van der Waals surface area (Å²) in [6.07, 6.45) is 9.77. The minimum Gasteiger partial charge on any atom is -0.489 e. The Morgan fingerprint density at radius 2 is 1.95 bits per heavy atom. The van der Waals surface area contributed by atoms with Crippen molar-refractivity contribution in [2.24, 2.45) is 0 Å². The molecular formula is C28H24N8O2. The number of pyridine rings is 2. The Balaban J connectivity index is 1.18. The number of anilines is 2. The Bertz CT molecular complexity index is 1800. The van der Waals surface area contributed by atoms with E-state index in [0.717, 1.165) is 52.4 Å². The second kappa shape index (κ2) is 8.84. The number of nitrogen functional groups attached to an aromatic ring is 1. The number of fused-ring (bicyclic) bond motifs is 2. The predicted molar refractivity (Wildman–Crippen MR) is 144 cm³/mol. The first-order valence-corrected chi connectivity index (χ1v) is 12.4. The van der Waals surface area contributed by atoms with Crippen LogP contribution in [0.15, 0.2) is 72.0 Å². The van der Waals surface area contributed by atoms with Crippen LogP contribution in [0, 0.1) is 6.92 Å². The van der Waals surface area contributed by atoms with E-state index in [1.807, 2.05) is 35.0 Å². The zero-order chi connectivity index (χ0) is 25.6. The molecule has 0 saturated carbocycles. The van der Waals surface area contributed by atoms with Crippen molar-refractivity contribution in [3.8, 4) is 22.7 Å². The highest BCUT2D eigenvalue weighted by atomic mass is 16.5. The summed E-state index contributed by atoms with van der Waals surface area (Å²) in [6, 6.07) is 12.2. The summed E-state index contributed by atoms with van der Waals surface area (Å²) >= 11 is 0. The van der Waals surface area contributed by atoms with Gasteiger partial charge in [-0.1, -0.05) is 0 Å². The van der Waals surface area contributed by atoms with Crippen molar-refractivity contribution in [1.29, 1.82) is 0 Å². The fourth-order valence-electron chi connectivity index (χ4n) is 4.71. The number of rotatable bonds is 6. The third-order valence-corrected chi connectivity index (χ3v) is 6.80. The molecule has 1 saturated heterocycles. The van der Waals surface area contributed by atoms with Gasteiger partial charge in [-0.25, -0.2) is 19.9 Å². The molecule has 0 atom stereocenters. The molecule has 6 heterocycles. The molecule has 1 aliphatic rings. The fraction of sp³-hybridized carbons (Fsp3) is 0.179. The van der Waals surface area contributed by atoms with Gasteiger partial charge in [-0.15, -0.1) is 0 Å². The Morgan fingerprint density at radius 3 is 2.76 bits per heavy atom. The van der Waals surface area contributed by atoms with Crippen molar-refractivity contribution >= 4 is 33.6 Å². The molecule has 1 fully saturated rings. The molecule has 0 aliphatic carbocycles. The van der Waals surface area contributed by atoms with Gasteiger partial charge in [0.1, 0.15) is 42.3 Å². The van der Waals surface area contributed by atoms with Crippen LogP contribution >= 0.6 is 0 Å². The third kappa shape index (κ3) is 3.86. The molecule has 188 valence electrons. The van der Waals surface area contributed by atoms with Gasteiger partial charge in [-0.3, -0.25) is 9.55 Å². The maximum absolute atomic E-state index is 6.24. The van der Waals surface area contributed by atoms with Crippen molar-refractivity contribution < 1.29 is 9.15 Å². The molecule has 0 amide bonds. The van der Waals surface area contributed by atoms with Gasteiger partial charge in [0.25, 0.3) is 0 Å². The third-order valence-electron chi connectivity index (χ3n) is 6.80. The standard InChI is InChI=1S/C28H24N8O2/c1-17-33-24(15-37-17)22-13-36(28-26(22)27(29)31-16-32-28)20-9-18(11-30-12-20)14-38-21-5-3-19-4-6-25(34-23(19)10-21)35-7-2-8-35/h3-6,9-13,15-16H,2,7-8,14H2,1H3,(H2,29,31,32). The smallest absolute Gasteiger partial charge is 0.191 e. The second-order valence-electron chi connectivity index (χ2n) is 9.33. The van der Waals surface area contributed by atoms with Gasteiger partial charge in [0.15, 0.2) is 11.5 Å². The monoisotopic (exact) mass is 504 g/mol. The maximum Gasteiger partial charge on any atom is 0.191 e. The summed E-state index contributed by atoms with van der Waals surface area (Å²) in [5, 5.41) is 1.80. The lowest BCUT2D eigenvalue weighted by molar-refractivity contribution is 0.306. The summed E-state index contributed by atoms with van der Waals surface area (Å²) in [4.78, 5) is 24.7. The lowest BCUT2D eigenvalue weighted by Crippen LogP contribution is -2.37. The van der Waals surface area contributed by atoms with E-state index >= 15 is 0 Å². The van der Waals surface area contributed by atoms with Gasteiger partial charge < -0.3 is 19.8 Å². The molecule has 0 spiro atoms. The second-order valence-corrected chi connectivity index (χ2v) is 9.33. The van der Waals surface area contributed by atoms with Gasteiger partial charge in [-0.05, 0) is 36.8 Å². The maximum atomic E-state index is 6.24. The molecule has 7 rings (SSSR count). The first-order chi connectivity index (χ1) is 18.6. The molecule has 38 heavy (non-hydrogen) atoms. The molecule has 5 aromatic heterocycles. The Kier molecular flexibility index (Phi) is 5.17. The average Bonchev–Trinajstić information content (AvgIpc) is 3.51. The Labute approximate surface area is 217 Å². The van der Waals surface area contributed by atoms with Crippen LogP contribution in [0.25, 0.3) is 38.9 Å². The van der Waals surface area contributed by atoms with Crippen molar-refractivity contribution in [2.45, 2.75) is 20.0 Å². The van der Waals surface area contributed by atoms with Crippen molar-refractivity contribution in [1.82, 2.24) is 29.5 Å². The summed E-state index contributed by atoms with van der Waals surface area (Å²) in [6.45, 7) is 4.27. The molecule has 0 radical (unpaired) electrons. The molecule has 1 aromatic carbocycles. The number of nitrogens with zero attached hydrogens (tertiary/aromatic N) is 7. The normalized spacial score (nSPS) is 13.2. The van der Waals surface area contributed by atoms with E-state index in [2.05, 4.69) is 37.0 Å². The molecule has 2 N–H and O–H groups in total. The van der Waals surface area contributed by atoms with Crippen LogP contribution in [0.1, 0.15) is 17.9 Å². The molecule has 0 unspecified atom stereocenters. The summed E-state index contributed by atoms with van der Waals surface area (Å²) in [5.41, 5.74) is 11.0. The minimum absolute atomic E-state index is 0.351. The predicted octanol–water partition coefficient (Wildman–Crippen LogP) is 4.70. The minimum atomic E-state index is 0.351. The SMILES string of the molecule is Cc1nc(-c2cn(-c3cncc(COc4ccc5ccc(N6CCC6)nc5c4)c3)c3ncnc(N)c23)co1. The van der Waals surface area contributed by atoms with E-state index < -0.39 is 0 Å². The number of nitrogens with two attached hydrogens (primary N) is 1. The van der Waals surface area contributed by atoms with Crippen LogP contribution in [0.2, 0.25) is 0 Å². The van der Waals surface area contributed by atoms with E-state index in [1.54, 1.807) is 25.6 Å². The van der Waals surface area contributed by atoms with Crippen LogP contribution in [0.3, 0.4) is 0 Å². The summed E-state index contributed by atoms with van der Waals surface area (Å²) < 4.78 is 13.5. The van der Waals surface area contributed by atoms with E-state index in [1.165, 1.54) is 12.7 Å². The number of oxazole rings is 1. The van der Waals surface area contributed by atoms with Crippen molar-refractivity contribution in [2.75, 3.05) is 23.7 Å². The highest BCUT2D eigenvalue weighted by molar-refractivity contribution is 6.00. The number of aromatic nitrogens is 6. The summed E-state index contributed by atoms with van der Waals surface area (Å²) in [7, 11) is 0. The zero-order valence-electron chi connectivity index (χ0n) is 20.7. The topological polar surface area (TPSA) is 121 Å². The highest BCUT2D eigenvalue weighted by Crippen LogP contribution is 2.34. The highest BCUT2D eigenvalue weighted by Gasteiger charge is 2.19. The van der Waals surface area contributed by atoms with Gasteiger partial charge in [0, 0.05) is 55.0 Å². The first-order valence-electron chi connectivity index (χ1n) is 12.4. The molecular weight excluding hydrogens is 480 g/mol. The van der Waals surface area contributed by atoms with E-state index in [0.29, 0.717) is 35.0 Å². The molecule has 10 nitrogen and oxygen atoms in total. The molecule has 10 heteroatoms. The molecule has 1 aliphatic heterocycles. The first kappa shape index (κ1) is 22.2. The van der Waals surface area contributed by atoms with E-state index in [4.69, 9.17) is 19.9 Å². The quantitative estimate of drug-likeness (QED) is 0.344. The fourth-order valence-corrected chi connectivity index (χ4v) is 4.71. The van der Waals surface area contributed by atoms with Gasteiger partial charge in [-0.2, -0.15) is 0 Å². The van der Waals surface area contributed by atoms with Crippen LogP contribution in [-0.4, -0.2) is 42.6 Å². The number of aryl methyl sites for hydroxylation is 1. The zero-order valence-corrected chi connectivity index (χ0v) is 20.7. The molecule has 6 aromatic rings. The number of benzene rings is 1. The van der Waals surface area contributed by atoms with E-state index in [9.17, 15) is 0 Å². The number of hydrogen-bond donors (Lipinski definition) is 1.